The van der Waals surface area contributed by atoms with E-state index in [1.54, 1.807) is 0 Å². The fourth-order valence-corrected chi connectivity index (χ4v) is 5.33. The van der Waals surface area contributed by atoms with Crippen molar-refractivity contribution in [3.8, 4) is 0 Å². The first-order valence-electron chi connectivity index (χ1n) is 9.45. The molecule has 1 nitrogen and oxygen atoms in total. The standard InChI is InChI=1S/C26H22OS/c27-28(24-19-11-4-12-20-24)26(23-17-9-3-10-18-23)25(21-13-5-1-6-14-21)22-15-7-2-8-16-22/h1-20,25-26H/t26-,28-/m0/s1. The lowest BCUT2D eigenvalue weighted by atomic mass is 9.85. The van der Waals surface area contributed by atoms with E-state index in [9.17, 15) is 4.21 Å². The molecular formula is C26H22OS. The highest BCUT2D eigenvalue weighted by Gasteiger charge is 2.32. The predicted octanol–water partition coefficient (Wildman–Crippen LogP) is 6.37. The monoisotopic (exact) mass is 382 g/mol. The van der Waals surface area contributed by atoms with Gasteiger partial charge in [-0.2, -0.15) is 0 Å². The van der Waals surface area contributed by atoms with Crippen molar-refractivity contribution in [3.05, 3.63) is 138 Å². The van der Waals surface area contributed by atoms with Crippen LogP contribution in [0.3, 0.4) is 0 Å². The molecule has 0 aliphatic rings. The quantitative estimate of drug-likeness (QED) is 0.379. The fraction of sp³-hybridized carbons (Fsp3) is 0.0769. The smallest absolute Gasteiger partial charge is 0.0752 e. The van der Waals surface area contributed by atoms with Crippen LogP contribution < -0.4 is 0 Å². The van der Waals surface area contributed by atoms with Crippen molar-refractivity contribution in [1.29, 1.82) is 0 Å². The van der Waals surface area contributed by atoms with Crippen molar-refractivity contribution in [1.82, 2.24) is 0 Å². The van der Waals surface area contributed by atoms with Crippen molar-refractivity contribution in [3.63, 3.8) is 0 Å². The van der Waals surface area contributed by atoms with Crippen molar-refractivity contribution in [2.45, 2.75) is 16.1 Å². The third-order valence-corrected chi connectivity index (χ3v) is 6.70. The molecule has 138 valence electrons. The van der Waals surface area contributed by atoms with E-state index in [4.69, 9.17) is 0 Å². The van der Waals surface area contributed by atoms with Crippen molar-refractivity contribution < 1.29 is 4.21 Å². The summed E-state index contributed by atoms with van der Waals surface area (Å²) >= 11 is 0. The maximum Gasteiger partial charge on any atom is 0.0752 e. The van der Waals surface area contributed by atoms with E-state index in [1.165, 1.54) is 11.1 Å². The Morgan fingerprint density at radius 3 is 1.25 bits per heavy atom. The highest BCUT2D eigenvalue weighted by atomic mass is 32.2. The van der Waals surface area contributed by atoms with Crippen molar-refractivity contribution >= 4 is 10.8 Å². The minimum Gasteiger partial charge on any atom is -0.254 e. The normalized spacial score (nSPS) is 13.2. The van der Waals surface area contributed by atoms with Gasteiger partial charge in [-0.05, 0) is 28.8 Å². The van der Waals surface area contributed by atoms with Gasteiger partial charge in [-0.15, -0.1) is 0 Å². The molecule has 0 fully saturated rings. The number of benzene rings is 4. The van der Waals surface area contributed by atoms with Gasteiger partial charge in [0.1, 0.15) is 0 Å². The summed E-state index contributed by atoms with van der Waals surface area (Å²) < 4.78 is 13.8. The Labute approximate surface area is 169 Å². The summed E-state index contributed by atoms with van der Waals surface area (Å²) in [5.74, 6) is -0.00848. The molecule has 0 unspecified atom stereocenters. The first kappa shape index (κ1) is 18.4. The van der Waals surface area contributed by atoms with Crippen LogP contribution in [-0.2, 0) is 10.8 Å². The maximum absolute atomic E-state index is 13.8. The van der Waals surface area contributed by atoms with Crippen LogP contribution in [0.4, 0.5) is 0 Å². The van der Waals surface area contributed by atoms with E-state index >= 15 is 0 Å². The van der Waals surface area contributed by atoms with Gasteiger partial charge < -0.3 is 0 Å². The van der Waals surface area contributed by atoms with E-state index < -0.39 is 10.8 Å². The van der Waals surface area contributed by atoms with Gasteiger partial charge in [0.25, 0.3) is 0 Å². The Hall–Kier alpha value is -2.97. The Balaban J connectivity index is 1.90. The number of hydrogen-bond donors (Lipinski definition) is 0. The molecule has 0 saturated heterocycles. The van der Waals surface area contributed by atoms with Crippen LogP contribution in [0.15, 0.2) is 126 Å². The van der Waals surface area contributed by atoms with Gasteiger partial charge in [0.15, 0.2) is 0 Å². The molecule has 0 heterocycles. The lowest BCUT2D eigenvalue weighted by Gasteiger charge is -2.28. The van der Waals surface area contributed by atoms with E-state index in [2.05, 4.69) is 60.7 Å². The second kappa shape index (κ2) is 8.81. The summed E-state index contributed by atoms with van der Waals surface area (Å²) in [5, 5.41) is -0.187. The molecule has 0 radical (unpaired) electrons. The zero-order chi connectivity index (χ0) is 19.2. The van der Waals surface area contributed by atoms with Gasteiger partial charge >= 0.3 is 0 Å². The Morgan fingerprint density at radius 2 is 0.821 bits per heavy atom. The van der Waals surface area contributed by atoms with E-state index in [0.717, 1.165) is 10.5 Å². The first-order valence-corrected chi connectivity index (χ1v) is 10.7. The van der Waals surface area contributed by atoms with Crippen LogP contribution >= 0.6 is 0 Å². The molecule has 2 heteroatoms. The van der Waals surface area contributed by atoms with Gasteiger partial charge in [0, 0.05) is 10.8 Å². The third kappa shape index (κ3) is 3.97. The molecule has 0 aliphatic heterocycles. The maximum atomic E-state index is 13.8. The van der Waals surface area contributed by atoms with Crippen molar-refractivity contribution in [2.75, 3.05) is 0 Å². The summed E-state index contributed by atoms with van der Waals surface area (Å²) in [5.41, 5.74) is 3.43. The highest BCUT2D eigenvalue weighted by Crippen LogP contribution is 2.42. The molecule has 0 saturated carbocycles. The van der Waals surface area contributed by atoms with Gasteiger partial charge in [-0.25, -0.2) is 0 Å². The average Bonchev–Trinajstić information content (AvgIpc) is 2.79. The average molecular weight is 383 g/mol. The summed E-state index contributed by atoms with van der Waals surface area (Å²) in [6, 6.07) is 40.8. The van der Waals surface area contributed by atoms with E-state index in [0.29, 0.717) is 0 Å². The first-order chi connectivity index (χ1) is 13.8. The van der Waals surface area contributed by atoms with E-state index in [1.807, 2.05) is 60.7 Å². The SMILES string of the molecule is O=[S@@](c1ccccc1)[C@@H](c1ccccc1)C(c1ccccc1)c1ccccc1. The Bertz CT molecular complexity index is 976. The minimum absolute atomic E-state index is 0.00848. The molecule has 0 amide bonds. The fourth-order valence-electron chi connectivity index (χ4n) is 3.65. The van der Waals surface area contributed by atoms with Crippen LogP contribution in [0.25, 0.3) is 0 Å². The Kier molecular flexibility index (Phi) is 5.79. The van der Waals surface area contributed by atoms with Gasteiger partial charge in [-0.1, -0.05) is 109 Å². The molecular weight excluding hydrogens is 360 g/mol. The van der Waals surface area contributed by atoms with Crippen LogP contribution in [-0.4, -0.2) is 4.21 Å². The minimum atomic E-state index is -1.20. The topological polar surface area (TPSA) is 17.1 Å². The Morgan fingerprint density at radius 1 is 0.464 bits per heavy atom. The molecule has 28 heavy (non-hydrogen) atoms. The molecule has 0 bridgehead atoms. The molecule has 4 rings (SSSR count). The summed E-state index contributed by atoms with van der Waals surface area (Å²) in [4.78, 5) is 0.855. The molecule has 0 N–H and O–H groups in total. The number of rotatable bonds is 6. The summed E-state index contributed by atoms with van der Waals surface area (Å²) in [6.45, 7) is 0. The van der Waals surface area contributed by atoms with Crippen molar-refractivity contribution in [2.24, 2.45) is 0 Å². The lowest BCUT2D eigenvalue weighted by Crippen LogP contribution is -2.18. The molecule has 0 aromatic heterocycles. The lowest BCUT2D eigenvalue weighted by molar-refractivity contribution is 0.658. The summed E-state index contributed by atoms with van der Waals surface area (Å²) in [6.07, 6.45) is 0. The van der Waals surface area contributed by atoms with Crippen LogP contribution in [0.1, 0.15) is 27.9 Å². The van der Waals surface area contributed by atoms with Gasteiger partial charge in [0.2, 0.25) is 0 Å². The van der Waals surface area contributed by atoms with Crippen LogP contribution in [0.5, 0.6) is 0 Å². The summed E-state index contributed by atoms with van der Waals surface area (Å²) in [7, 11) is -1.20. The zero-order valence-corrected chi connectivity index (χ0v) is 16.3. The van der Waals surface area contributed by atoms with Crippen LogP contribution in [0.2, 0.25) is 0 Å². The third-order valence-electron chi connectivity index (χ3n) is 4.95. The highest BCUT2D eigenvalue weighted by molar-refractivity contribution is 7.85. The molecule has 2 atom stereocenters. The predicted molar refractivity (Wildman–Crippen MR) is 117 cm³/mol. The molecule has 0 aliphatic carbocycles. The zero-order valence-electron chi connectivity index (χ0n) is 15.5. The molecule has 0 spiro atoms. The number of hydrogen-bond acceptors (Lipinski definition) is 1. The second-order valence-electron chi connectivity index (χ2n) is 6.74. The second-order valence-corrected chi connectivity index (χ2v) is 8.31. The largest absolute Gasteiger partial charge is 0.254 e. The molecule has 4 aromatic rings. The van der Waals surface area contributed by atoms with Gasteiger partial charge in [0.05, 0.1) is 16.0 Å². The molecule has 4 aromatic carbocycles. The van der Waals surface area contributed by atoms with E-state index in [-0.39, 0.29) is 11.2 Å². The van der Waals surface area contributed by atoms with Gasteiger partial charge in [-0.3, -0.25) is 4.21 Å². The van der Waals surface area contributed by atoms with Crippen LogP contribution in [0, 0.1) is 0 Å².